The van der Waals surface area contributed by atoms with Crippen molar-refractivity contribution in [2.24, 2.45) is 0 Å². The number of hydrogen-bond acceptors (Lipinski definition) is 5. The molecular weight excluding hydrogens is 583 g/mol. The first kappa shape index (κ1) is 25.4. The van der Waals surface area contributed by atoms with Gasteiger partial charge in [0.2, 0.25) is 0 Å². The Balaban J connectivity index is 1.22. The minimum absolute atomic E-state index is 0.582. The second-order valence-electron chi connectivity index (χ2n) is 11.7. The fourth-order valence-corrected chi connectivity index (χ4v) is 7.75. The summed E-state index contributed by atoms with van der Waals surface area (Å²) in [5, 5.41) is 9.28. The molecule has 0 bridgehead atoms. The summed E-state index contributed by atoms with van der Waals surface area (Å²) in [6, 6.07) is 48.7. The van der Waals surface area contributed by atoms with Gasteiger partial charge in [-0.05, 0) is 57.9 Å². The van der Waals surface area contributed by atoms with E-state index in [1.165, 1.54) is 30.9 Å². The van der Waals surface area contributed by atoms with Gasteiger partial charge in [-0.15, -0.1) is 11.3 Å². The Hall–Kier alpha value is -5.91. The first-order valence-electron chi connectivity index (χ1n) is 15.3. The molecule has 4 nitrogen and oxygen atoms in total. The lowest BCUT2D eigenvalue weighted by atomic mass is 10.0. The van der Waals surface area contributed by atoms with E-state index >= 15 is 0 Å². The van der Waals surface area contributed by atoms with Crippen LogP contribution in [0.15, 0.2) is 144 Å². The smallest absolute Gasteiger partial charge is 0.167 e. The Labute approximate surface area is 267 Å². The van der Waals surface area contributed by atoms with Crippen LogP contribution in [-0.4, -0.2) is 15.0 Å². The van der Waals surface area contributed by atoms with Crippen molar-refractivity contribution in [3.8, 4) is 34.2 Å². The van der Waals surface area contributed by atoms with Crippen molar-refractivity contribution in [1.82, 2.24) is 15.0 Å². The molecule has 10 rings (SSSR count). The van der Waals surface area contributed by atoms with Gasteiger partial charge in [-0.2, -0.15) is 0 Å². The molecule has 0 radical (unpaired) electrons. The van der Waals surface area contributed by atoms with Gasteiger partial charge in [-0.3, -0.25) is 0 Å². The Kier molecular flexibility index (Phi) is 5.41. The maximum Gasteiger partial charge on any atom is 0.167 e. The molecule has 0 saturated heterocycles. The van der Waals surface area contributed by atoms with Gasteiger partial charge in [0, 0.05) is 42.1 Å². The third kappa shape index (κ3) is 3.96. The minimum Gasteiger partial charge on any atom is -0.455 e. The lowest BCUT2D eigenvalue weighted by Gasteiger charge is -2.09. The molecule has 0 atom stereocenters. The van der Waals surface area contributed by atoms with Crippen molar-refractivity contribution in [2.45, 2.75) is 0 Å². The third-order valence-electron chi connectivity index (χ3n) is 8.89. The van der Waals surface area contributed by atoms with Crippen LogP contribution in [0.5, 0.6) is 0 Å². The number of rotatable bonds is 3. The summed E-state index contributed by atoms with van der Waals surface area (Å²) in [6.07, 6.45) is 0. The quantitative estimate of drug-likeness (QED) is 0.201. The summed E-state index contributed by atoms with van der Waals surface area (Å²) in [6.45, 7) is 0. The van der Waals surface area contributed by atoms with Crippen molar-refractivity contribution in [3.63, 3.8) is 0 Å². The van der Waals surface area contributed by atoms with Crippen LogP contribution in [0.4, 0.5) is 0 Å². The van der Waals surface area contributed by atoms with E-state index in [-0.39, 0.29) is 0 Å². The van der Waals surface area contributed by atoms with Crippen LogP contribution in [0.3, 0.4) is 0 Å². The largest absolute Gasteiger partial charge is 0.455 e. The zero-order chi connectivity index (χ0) is 30.2. The predicted molar refractivity (Wildman–Crippen MR) is 191 cm³/mol. The number of thiophene rings is 1. The highest BCUT2D eigenvalue weighted by Crippen LogP contribution is 2.39. The number of aromatic nitrogens is 3. The van der Waals surface area contributed by atoms with Crippen molar-refractivity contribution in [1.29, 1.82) is 0 Å². The summed E-state index contributed by atoms with van der Waals surface area (Å²) >= 11 is 1.79. The molecule has 3 aromatic heterocycles. The van der Waals surface area contributed by atoms with E-state index in [0.29, 0.717) is 17.5 Å². The number of nitrogens with zero attached hydrogens (tertiary/aromatic N) is 3. The van der Waals surface area contributed by atoms with Gasteiger partial charge in [0.15, 0.2) is 17.5 Å². The second kappa shape index (κ2) is 9.80. The van der Waals surface area contributed by atoms with E-state index < -0.39 is 0 Å². The number of fused-ring (bicyclic) bond motifs is 8. The van der Waals surface area contributed by atoms with Gasteiger partial charge < -0.3 is 4.42 Å². The van der Waals surface area contributed by atoms with E-state index in [0.717, 1.165) is 49.4 Å². The highest BCUT2D eigenvalue weighted by atomic mass is 32.1. The fraction of sp³-hybridized carbons (Fsp3) is 0. The first-order valence-corrected chi connectivity index (χ1v) is 16.1. The van der Waals surface area contributed by atoms with Gasteiger partial charge in [-0.1, -0.05) is 103 Å². The van der Waals surface area contributed by atoms with Crippen molar-refractivity contribution >= 4 is 75.0 Å². The Morgan fingerprint density at radius 3 is 1.89 bits per heavy atom. The molecule has 0 unspecified atom stereocenters. The Morgan fingerprint density at radius 2 is 1.04 bits per heavy atom. The maximum atomic E-state index is 6.59. The molecule has 10 aromatic rings. The summed E-state index contributed by atoms with van der Waals surface area (Å²) in [7, 11) is 0. The maximum absolute atomic E-state index is 6.59. The predicted octanol–water partition coefficient (Wildman–Crippen LogP) is 11.4. The molecule has 0 aliphatic heterocycles. The van der Waals surface area contributed by atoms with Crippen LogP contribution < -0.4 is 0 Å². The molecule has 46 heavy (non-hydrogen) atoms. The van der Waals surface area contributed by atoms with Crippen LogP contribution in [0.1, 0.15) is 0 Å². The lowest BCUT2D eigenvalue weighted by molar-refractivity contribution is 0.670. The van der Waals surface area contributed by atoms with Gasteiger partial charge in [0.05, 0.1) is 5.56 Å². The van der Waals surface area contributed by atoms with Crippen LogP contribution >= 0.6 is 11.3 Å². The highest BCUT2D eigenvalue weighted by Gasteiger charge is 2.19. The zero-order valence-corrected chi connectivity index (χ0v) is 25.3. The molecule has 0 spiro atoms. The lowest BCUT2D eigenvalue weighted by Crippen LogP contribution is -2.00. The topological polar surface area (TPSA) is 51.8 Å². The van der Waals surface area contributed by atoms with E-state index in [1.807, 2.05) is 6.07 Å². The molecule has 5 heteroatoms. The summed E-state index contributed by atoms with van der Waals surface area (Å²) in [5.41, 5.74) is 4.35. The standard InChI is InChI=1S/C41H23N3OS/c1-2-9-25-20-28(17-16-24(25)8-1)39-42-40(29-18-19-31-30-12-5-6-15-36(30)46-37(31)23-29)44-41(43-39)33-14-7-13-32-34-21-26-10-3-4-11-27(26)22-35(34)45-38(32)33/h1-23H. The zero-order valence-electron chi connectivity index (χ0n) is 24.4. The molecule has 0 aliphatic carbocycles. The van der Waals surface area contributed by atoms with E-state index in [4.69, 9.17) is 19.4 Å². The van der Waals surface area contributed by atoms with Gasteiger partial charge >= 0.3 is 0 Å². The first-order chi connectivity index (χ1) is 22.7. The van der Waals surface area contributed by atoms with Crippen LogP contribution in [0.25, 0.3) is 97.8 Å². The average Bonchev–Trinajstić information content (AvgIpc) is 3.67. The molecule has 0 aliphatic rings. The third-order valence-corrected chi connectivity index (χ3v) is 10.0. The van der Waals surface area contributed by atoms with Crippen LogP contribution in [0, 0.1) is 0 Å². The molecule has 0 fully saturated rings. The van der Waals surface area contributed by atoms with Crippen LogP contribution in [0.2, 0.25) is 0 Å². The average molecular weight is 606 g/mol. The Bertz CT molecular complexity index is 2830. The minimum atomic E-state index is 0.582. The number of para-hydroxylation sites is 1. The van der Waals surface area contributed by atoms with Crippen molar-refractivity contribution in [3.05, 3.63) is 140 Å². The number of benzene rings is 7. The summed E-state index contributed by atoms with van der Waals surface area (Å²) in [4.78, 5) is 15.3. The SMILES string of the molecule is c1ccc2cc(-c3nc(-c4ccc5c(c4)sc4ccccc45)nc(-c4cccc5c4oc4cc6ccccc6cc45)n3)ccc2c1. The normalized spacial score (nSPS) is 11.9. The van der Waals surface area contributed by atoms with Crippen molar-refractivity contribution in [2.75, 3.05) is 0 Å². The molecular formula is C41H23N3OS. The second-order valence-corrected chi connectivity index (χ2v) is 12.7. The fourth-order valence-electron chi connectivity index (χ4n) is 6.61. The van der Waals surface area contributed by atoms with Gasteiger partial charge in [0.1, 0.15) is 11.2 Å². The number of furan rings is 1. The van der Waals surface area contributed by atoms with Crippen LogP contribution in [-0.2, 0) is 0 Å². The van der Waals surface area contributed by atoms with E-state index in [2.05, 4.69) is 133 Å². The molecule has 214 valence electrons. The van der Waals surface area contributed by atoms with E-state index in [9.17, 15) is 0 Å². The Morgan fingerprint density at radius 1 is 0.413 bits per heavy atom. The molecule has 0 amide bonds. The number of hydrogen-bond donors (Lipinski definition) is 0. The highest BCUT2D eigenvalue weighted by molar-refractivity contribution is 7.25. The monoisotopic (exact) mass is 605 g/mol. The molecule has 3 heterocycles. The van der Waals surface area contributed by atoms with E-state index in [1.54, 1.807) is 11.3 Å². The molecule has 7 aromatic carbocycles. The van der Waals surface area contributed by atoms with Gasteiger partial charge in [0.25, 0.3) is 0 Å². The summed E-state index contributed by atoms with van der Waals surface area (Å²) in [5.74, 6) is 1.84. The summed E-state index contributed by atoms with van der Waals surface area (Å²) < 4.78 is 9.07. The molecule has 0 N–H and O–H groups in total. The molecule has 0 saturated carbocycles. The van der Waals surface area contributed by atoms with Crippen molar-refractivity contribution < 1.29 is 4.42 Å². The van der Waals surface area contributed by atoms with Gasteiger partial charge in [-0.25, -0.2) is 15.0 Å².